The van der Waals surface area contributed by atoms with Crippen LogP contribution in [0.15, 0.2) is 54.6 Å². The van der Waals surface area contributed by atoms with Gasteiger partial charge in [-0.05, 0) is 75.6 Å². The maximum atomic E-state index is 12.6. The maximum Gasteiger partial charge on any atom is 0.410 e. The lowest BCUT2D eigenvalue weighted by atomic mass is 9.91. The minimum atomic E-state index is -0.488. The third-order valence-corrected chi connectivity index (χ3v) is 9.51. The Hall–Kier alpha value is -3.34. The minimum absolute atomic E-state index is 0.196. The fraction of sp³-hybridized carbons (Fsp3) is 0.632. The van der Waals surface area contributed by atoms with E-state index in [0.717, 1.165) is 95.9 Å². The normalized spacial score (nSPS) is 20.0. The quantitative estimate of drug-likeness (QED) is 0.261. The third kappa shape index (κ3) is 11.7. The summed E-state index contributed by atoms with van der Waals surface area (Å²) >= 11 is 0. The van der Waals surface area contributed by atoms with Crippen molar-refractivity contribution < 1.29 is 28.5 Å². The molecular weight excluding hydrogens is 608 g/mol. The molecule has 0 N–H and O–H groups in total. The Morgan fingerprint density at radius 1 is 0.771 bits per heavy atom. The average molecular weight is 665 g/mol. The van der Waals surface area contributed by atoms with Crippen LogP contribution in [-0.2, 0) is 20.8 Å². The number of piperazine rings is 1. The van der Waals surface area contributed by atoms with E-state index in [1.807, 2.05) is 73.0 Å². The molecule has 2 amide bonds. The van der Waals surface area contributed by atoms with Gasteiger partial charge in [-0.1, -0.05) is 42.5 Å². The highest BCUT2D eigenvalue weighted by atomic mass is 16.6. The number of benzene rings is 2. The summed E-state index contributed by atoms with van der Waals surface area (Å²) < 4.78 is 23.1. The predicted molar refractivity (Wildman–Crippen MR) is 186 cm³/mol. The topological polar surface area (TPSA) is 84.0 Å². The zero-order valence-corrected chi connectivity index (χ0v) is 29.3. The average Bonchev–Trinajstić information content (AvgIpc) is 3.09. The van der Waals surface area contributed by atoms with E-state index < -0.39 is 5.60 Å². The second-order valence-electron chi connectivity index (χ2n) is 14.4. The van der Waals surface area contributed by atoms with Crippen LogP contribution in [0.3, 0.4) is 0 Å². The number of likely N-dealkylation sites (tertiary alicyclic amines) is 2. The molecule has 5 rings (SSSR count). The first-order valence-corrected chi connectivity index (χ1v) is 17.9. The third-order valence-electron chi connectivity index (χ3n) is 9.51. The zero-order chi connectivity index (χ0) is 33.8. The number of hydrogen-bond donors (Lipinski definition) is 0. The first-order valence-electron chi connectivity index (χ1n) is 17.9. The van der Waals surface area contributed by atoms with E-state index in [0.29, 0.717) is 38.9 Å². The summed E-state index contributed by atoms with van der Waals surface area (Å²) in [5.41, 5.74) is 1.73. The van der Waals surface area contributed by atoms with E-state index >= 15 is 0 Å². The molecule has 0 bridgehead atoms. The van der Waals surface area contributed by atoms with Crippen molar-refractivity contribution in [2.45, 2.75) is 64.6 Å². The highest BCUT2D eigenvalue weighted by Crippen LogP contribution is 2.30. The van der Waals surface area contributed by atoms with E-state index in [1.54, 1.807) is 0 Å². The number of nitrogens with zero attached hydrogens (tertiary/aromatic N) is 4. The molecule has 3 aliphatic rings. The van der Waals surface area contributed by atoms with E-state index in [1.165, 1.54) is 5.56 Å². The number of carbonyl (C=O) groups excluding carboxylic acids is 2. The molecule has 10 nitrogen and oxygen atoms in total. The summed E-state index contributed by atoms with van der Waals surface area (Å²) in [6.07, 6.45) is 3.66. The molecule has 2 aromatic rings. The molecule has 0 radical (unpaired) electrons. The van der Waals surface area contributed by atoms with Gasteiger partial charge in [0.2, 0.25) is 0 Å². The monoisotopic (exact) mass is 664 g/mol. The van der Waals surface area contributed by atoms with Crippen molar-refractivity contribution in [1.29, 1.82) is 0 Å². The largest absolute Gasteiger partial charge is 0.491 e. The molecule has 0 aromatic heterocycles. The van der Waals surface area contributed by atoms with Gasteiger partial charge in [0.25, 0.3) is 0 Å². The fourth-order valence-corrected chi connectivity index (χ4v) is 6.78. The molecule has 3 aliphatic heterocycles. The molecule has 48 heavy (non-hydrogen) atoms. The van der Waals surface area contributed by atoms with Gasteiger partial charge < -0.3 is 33.6 Å². The van der Waals surface area contributed by atoms with Gasteiger partial charge in [-0.25, -0.2) is 9.59 Å². The Labute approximate surface area is 287 Å². The van der Waals surface area contributed by atoms with E-state index in [-0.39, 0.29) is 18.1 Å². The van der Waals surface area contributed by atoms with Gasteiger partial charge in [0, 0.05) is 71.4 Å². The molecule has 264 valence electrons. The molecule has 3 saturated heterocycles. The van der Waals surface area contributed by atoms with Gasteiger partial charge in [-0.3, -0.25) is 4.90 Å². The summed E-state index contributed by atoms with van der Waals surface area (Å²) in [6.45, 7) is 17.1. The Bertz CT molecular complexity index is 1270. The number of hydrogen-bond acceptors (Lipinski definition) is 8. The lowest BCUT2D eigenvalue weighted by Gasteiger charge is -2.38. The van der Waals surface area contributed by atoms with Crippen LogP contribution in [-0.4, -0.2) is 123 Å². The van der Waals surface area contributed by atoms with Crippen LogP contribution in [0.25, 0.3) is 0 Å². The van der Waals surface area contributed by atoms with E-state index in [4.69, 9.17) is 18.9 Å². The zero-order valence-electron chi connectivity index (χ0n) is 29.3. The predicted octanol–water partition coefficient (Wildman–Crippen LogP) is 5.86. The molecule has 0 saturated carbocycles. The summed E-state index contributed by atoms with van der Waals surface area (Å²) in [7, 11) is 0. The molecule has 10 heteroatoms. The molecule has 0 aliphatic carbocycles. The minimum Gasteiger partial charge on any atom is -0.491 e. The van der Waals surface area contributed by atoms with Crippen LogP contribution < -0.4 is 4.74 Å². The summed E-state index contributed by atoms with van der Waals surface area (Å²) in [6, 6.07) is 18.1. The molecular formula is C38H56N4O6. The summed E-state index contributed by atoms with van der Waals surface area (Å²) in [4.78, 5) is 33.8. The van der Waals surface area contributed by atoms with Crippen molar-refractivity contribution >= 4 is 12.2 Å². The maximum absolute atomic E-state index is 12.6. The van der Waals surface area contributed by atoms with Crippen molar-refractivity contribution in [2.24, 2.45) is 5.92 Å². The molecule has 3 fully saturated rings. The smallest absolute Gasteiger partial charge is 0.410 e. The van der Waals surface area contributed by atoms with Crippen molar-refractivity contribution in [1.82, 2.24) is 19.6 Å². The van der Waals surface area contributed by atoms with Crippen molar-refractivity contribution in [3.63, 3.8) is 0 Å². The lowest BCUT2D eigenvalue weighted by Crippen LogP contribution is -2.49. The Balaban J connectivity index is 0.902. The second-order valence-corrected chi connectivity index (χ2v) is 14.4. The van der Waals surface area contributed by atoms with Crippen molar-refractivity contribution in [2.75, 3.05) is 85.3 Å². The van der Waals surface area contributed by atoms with Crippen LogP contribution in [0.4, 0.5) is 9.59 Å². The van der Waals surface area contributed by atoms with Gasteiger partial charge >= 0.3 is 12.2 Å². The van der Waals surface area contributed by atoms with E-state index in [9.17, 15) is 9.59 Å². The Kier molecular flexibility index (Phi) is 13.4. The second kappa shape index (κ2) is 17.9. The standard InChI is InChI=1S/C38H56N4O6/c1-38(2,3)48-37(44)42-16-8-12-34(29-42)33-11-7-13-35(27-33)46-26-25-45-24-23-39-19-21-40(22-20-39)28-31-14-17-41(18-15-31)36(43)47-30-32-9-5-4-6-10-32/h4-7,9-11,13,27,31,34H,8,12,14-26,28-30H2,1-3H3. The van der Waals surface area contributed by atoms with Gasteiger partial charge in [-0.2, -0.15) is 0 Å². The number of rotatable bonds is 12. The van der Waals surface area contributed by atoms with Gasteiger partial charge in [0.05, 0.1) is 13.2 Å². The highest BCUT2D eigenvalue weighted by Gasteiger charge is 2.29. The number of carbonyl (C=O) groups is 2. The Morgan fingerprint density at radius 3 is 2.27 bits per heavy atom. The number of ether oxygens (including phenoxy) is 4. The van der Waals surface area contributed by atoms with Gasteiger partial charge in [0.1, 0.15) is 24.6 Å². The summed E-state index contributed by atoms with van der Waals surface area (Å²) in [5.74, 6) is 1.75. The first kappa shape index (κ1) is 36.0. The van der Waals surface area contributed by atoms with Crippen LogP contribution >= 0.6 is 0 Å². The van der Waals surface area contributed by atoms with Crippen LogP contribution in [0.1, 0.15) is 63.5 Å². The van der Waals surface area contributed by atoms with E-state index in [2.05, 4.69) is 21.9 Å². The van der Waals surface area contributed by atoms with Crippen molar-refractivity contribution in [3.05, 3.63) is 65.7 Å². The molecule has 0 spiro atoms. The highest BCUT2D eigenvalue weighted by molar-refractivity contribution is 5.68. The van der Waals surface area contributed by atoms with Crippen molar-refractivity contribution in [3.8, 4) is 5.75 Å². The number of piperidine rings is 2. The molecule has 3 heterocycles. The fourth-order valence-electron chi connectivity index (χ4n) is 6.78. The molecule has 1 unspecified atom stereocenters. The van der Waals surface area contributed by atoms with Crippen LogP contribution in [0.5, 0.6) is 5.75 Å². The SMILES string of the molecule is CC(C)(C)OC(=O)N1CCCC(c2cccc(OCCOCCN3CCN(CC4CCN(C(=O)OCc5ccccc5)CC4)CC3)c2)C1. The van der Waals surface area contributed by atoms with Crippen LogP contribution in [0, 0.1) is 5.92 Å². The van der Waals surface area contributed by atoms with Crippen LogP contribution in [0.2, 0.25) is 0 Å². The first-order chi connectivity index (χ1) is 23.2. The Morgan fingerprint density at radius 2 is 1.52 bits per heavy atom. The summed E-state index contributed by atoms with van der Waals surface area (Å²) in [5, 5.41) is 0. The van der Waals surface area contributed by atoms with Gasteiger partial charge in [0.15, 0.2) is 0 Å². The number of amides is 2. The van der Waals surface area contributed by atoms with Gasteiger partial charge in [-0.15, -0.1) is 0 Å². The lowest BCUT2D eigenvalue weighted by molar-refractivity contribution is 0.0198. The molecule has 2 aromatic carbocycles. The molecule has 1 atom stereocenters.